The fourth-order valence-corrected chi connectivity index (χ4v) is 4.67. The van der Waals surface area contributed by atoms with E-state index < -0.39 is 16.7 Å². The lowest BCUT2D eigenvalue weighted by atomic mass is 9.95. The van der Waals surface area contributed by atoms with E-state index in [2.05, 4.69) is 10.3 Å². The number of aromatic amines is 1. The van der Waals surface area contributed by atoms with Gasteiger partial charge in [-0.25, -0.2) is 0 Å². The number of carbonyl (C=O) groups excluding carboxylic acids is 2. The number of non-ortho nitro benzene ring substituents is 1. The summed E-state index contributed by atoms with van der Waals surface area (Å²) in [6, 6.07) is 12.4. The van der Waals surface area contributed by atoms with Crippen molar-refractivity contribution in [2.75, 3.05) is 20.6 Å². The van der Waals surface area contributed by atoms with Crippen LogP contribution in [-0.2, 0) is 16.1 Å². The van der Waals surface area contributed by atoms with Crippen LogP contribution in [0.1, 0.15) is 17.5 Å². The van der Waals surface area contributed by atoms with Gasteiger partial charge in [0.25, 0.3) is 17.5 Å². The molecule has 9 nitrogen and oxygen atoms in total. The Balaban J connectivity index is 1.77. The summed E-state index contributed by atoms with van der Waals surface area (Å²) < 4.78 is 1.82. The first kappa shape index (κ1) is 21.6. The normalized spacial score (nSPS) is 14.1. The van der Waals surface area contributed by atoms with Crippen molar-refractivity contribution >= 4 is 50.5 Å². The molecular weight excluding hydrogens is 434 g/mol. The number of hydrogen-bond acceptors (Lipinski definition) is 5. The van der Waals surface area contributed by atoms with Gasteiger partial charge >= 0.3 is 0 Å². The SMILES string of the molecule is CN(C)CCCn1cc(C2=C(c3c[nH]c4ccccc34)C(=O)NC2=O)c2cccc([N+](=O)[O-])c21. The zero-order valence-electron chi connectivity index (χ0n) is 18.8. The summed E-state index contributed by atoms with van der Waals surface area (Å²) in [5.74, 6) is -0.993. The second-order valence-corrected chi connectivity index (χ2v) is 8.60. The Morgan fingerprint density at radius 2 is 1.68 bits per heavy atom. The molecule has 0 saturated heterocycles. The number of aromatic nitrogens is 2. The first-order chi connectivity index (χ1) is 16.4. The number of nitro groups is 1. The quantitative estimate of drug-likeness (QED) is 0.250. The summed E-state index contributed by atoms with van der Waals surface area (Å²) in [6.45, 7) is 1.34. The molecule has 9 heteroatoms. The second-order valence-electron chi connectivity index (χ2n) is 8.60. The van der Waals surface area contributed by atoms with Crippen LogP contribution >= 0.6 is 0 Å². The average molecular weight is 457 g/mol. The highest BCUT2D eigenvalue weighted by molar-refractivity contribution is 6.50. The highest BCUT2D eigenvalue weighted by Gasteiger charge is 2.35. The zero-order chi connectivity index (χ0) is 24.0. The first-order valence-corrected chi connectivity index (χ1v) is 10.9. The summed E-state index contributed by atoms with van der Waals surface area (Å²) in [5.41, 5.74) is 2.87. The fraction of sp³-hybridized carbons (Fsp3) is 0.200. The lowest BCUT2D eigenvalue weighted by Gasteiger charge is -2.10. The maximum absolute atomic E-state index is 13.1. The topological polar surface area (TPSA) is 113 Å². The largest absolute Gasteiger partial charge is 0.361 e. The van der Waals surface area contributed by atoms with E-state index >= 15 is 0 Å². The number of imide groups is 1. The van der Waals surface area contributed by atoms with Gasteiger partial charge in [-0.2, -0.15) is 0 Å². The number of carbonyl (C=O) groups is 2. The number of nitro benzene ring substituents is 1. The highest BCUT2D eigenvalue weighted by Crippen LogP contribution is 2.40. The van der Waals surface area contributed by atoms with Crippen molar-refractivity contribution < 1.29 is 14.5 Å². The van der Waals surface area contributed by atoms with Crippen LogP contribution < -0.4 is 5.32 Å². The smallest absolute Gasteiger partial charge is 0.293 e. The minimum absolute atomic E-state index is 0.0346. The lowest BCUT2D eigenvalue weighted by Crippen LogP contribution is -2.22. The number of nitrogens with one attached hydrogen (secondary N) is 2. The molecule has 0 fully saturated rings. The summed E-state index contributed by atoms with van der Waals surface area (Å²) >= 11 is 0. The van der Waals surface area contributed by atoms with Gasteiger partial charge in [0.15, 0.2) is 0 Å². The highest BCUT2D eigenvalue weighted by atomic mass is 16.6. The molecule has 1 aliphatic heterocycles. The van der Waals surface area contributed by atoms with Gasteiger partial charge in [0.2, 0.25) is 0 Å². The minimum atomic E-state index is -0.510. The number of rotatable bonds is 7. The van der Waals surface area contributed by atoms with Crippen LogP contribution in [0.4, 0.5) is 5.69 Å². The van der Waals surface area contributed by atoms with E-state index in [4.69, 9.17) is 0 Å². The van der Waals surface area contributed by atoms with Crippen molar-refractivity contribution in [3.63, 3.8) is 0 Å². The molecule has 0 radical (unpaired) electrons. The van der Waals surface area contributed by atoms with E-state index in [1.54, 1.807) is 24.5 Å². The predicted octanol–water partition coefficient (Wildman–Crippen LogP) is 3.55. The van der Waals surface area contributed by atoms with Crippen molar-refractivity contribution in [1.82, 2.24) is 19.8 Å². The second kappa shape index (κ2) is 8.27. The zero-order valence-corrected chi connectivity index (χ0v) is 18.8. The maximum atomic E-state index is 13.1. The Morgan fingerprint density at radius 1 is 0.971 bits per heavy atom. The van der Waals surface area contributed by atoms with Crippen LogP contribution in [0.25, 0.3) is 33.0 Å². The summed E-state index contributed by atoms with van der Waals surface area (Å²) in [4.78, 5) is 42.6. The molecule has 0 saturated carbocycles. The Morgan fingerprint density at radius 3 is 2.41 bits per heavy atom. The van der Waals surface area contributed by atoms with Gasteiger partial charge in [-0.3, -0.25) is 25.0 Å². The van der Waals surface area contributed by atoms with E-state index in [0.29, 0.717) is 28.6 Å². The third-order valence-corrected chi connectivity index (χ3v) is 6.14. The third-order valence-electron chi connectivity index (χ3n) is 6.14. The first-order valence-electron chi connectivity index (χ1n) is 10.9. The van der Waals surface area contributed by atoms with Gasteiger partial charge in [-0.15, -0.1) is 0 Å². The Bertz CT molecular complexity index is 1510. The summed E-state index contributed by atoms with van der Waals surface area (Å²) in [7, 11) is 3.93. The van der Waals surface area contributed by atoms with Crippen LogP contribution in [0.2, 0.25) is 0 Å². The molecule has 2 aromatic heterocycles. The number of aryl methyl sites for hydroxylation is 1. The molecule has 0 aliphatic carbocycles. The van der Waals surface area contributed by atoms with Crippen LogP contribution in [0.15, 0.2) is 54.9 Å². The molecule has 2 aromatic carbocycles. The van der Waals surface area contributed by atoms with Crippen molar-refractivity contribution in [1.29, 1.82) is 0 Å². The van der Waals surface area contributed by atoms with Crippen LogP contribution in [0.3, 0.4) is 0 Å². The molecule has 2 N–H and O–H groups in total. The molecule has 0 atom stereocenters. The number of hydrogen-bond donors (Lipinski definition) is 2. The number of benzene rings is 2. The van der Waals surface area contributed by atoms with Gasteiger partial charge in [0, 0.05) is 52.4 Å². The predicted molar refractivity (Wildman–Crippen MR) is 130 cm³/mol. The van der Waals surface area contributed by atoms with Crippen molar-refractivity contribution in [3.8, 4) is 0 Å². The molecule has 0 bridgehead atoms. The minimum Gasteiger partial charge on any atom is -0.361 e. The number of para-hydroxylation sites is 2. The standard InChI is InChI=1S/C25H23N5O4/c1-28(2)11-6-12-29-14-18(16-8-5-10-20(23(16)29)30(33)34)22-21(24(31)27-25(22)32)17-13-26-19-9-4-3-7-15(17)19/h3-5,7-10,13-14,26H,6,11-12H2,1-2H3,(H,27,31,32). The molecule has 5 rings (SSSR count). The number of amides is 2. The van der Waals surface area contributed by atoms with Gasteiger partial charge in [0.05, 0.1) is 16.1 Å². The van der Waals surface area contributed by atoms with Crippen LogP contribution in [0.5, 0.6) is 0 Å². The van der Waals surface area contributed by atoms with Crippen molar-refractivity contribution in [3.05, 3.63) is 76.1 Å². The summed E-state index contributed by atoms with van der Waals surface area (Å²) in [6.07, 6.45) is 4.24. The Kier molecular flexibility index (Phi) is 5.25. The van der Waals surface area contributed by atoms with Gasteiger partial charge in [-0.1, -0.05) is 30.3 Å². The molecule has 4 aromatic rings. The van der Waals surface area contributed by atoms with E-state index in [1.807, 2.05) is 47.8 Å². The molecule has 0 spiro atoms. The molecular formula is C25H23N5O4. The van der Waals surface area contributed by atoms with E-state index in [9.17, 15) is 19.7 Å². The monoisotopic (exact) mass is 457 g/mol. The molecule has 1 aliphatic rings. The van der Waals surface area contributed by atoms with E-state index in [1.165, 1.54) is 6.07 Å². The average Bonchev–Trinajstić information content (AvgIpc) is 3.46. The molecule has 34 heavy (non-hydrogen) atoms. The maximum Gasteiger partial charge on any atom is 0.293 e. The van der Waals surface area contributed by atoms with Crippen LogP contribution in [0, 0.1) is 10.1 Å². The number of nitrogens with zero attached hydrogens (tertiary/aromatic N) is 3. The molecule has 172 valence electrons. The molecule has 2 amide bonds. The number of fused-ring (bicyclic) bond motifs is 2. The van der Waals surface area contributed by atoms with E-state index in [0.717, 1.165) is 23.9 Å². The van der Waals surface area contributed by atoms with E-state index in [-0.39, 0.29) is 16.8 Å². The van der Waals surface area contributed by atoms with Crippen molar-refractivity contribution in [2.45, 2.75) is 13.0 Å². The van der Waals surface area contributed by atoms with Crippen LogP contribution in [-0.4, -0.2) is 51.8 Å². The third kappa shape index (κ3) is 3.46. The van der Waals surface area contributed by atoms with Crippen molar-refractivity contribution in [2.24, 2.45) is 0 Å². The van der Waals surface area contributed by atoms with Gasteiger partial charge < -0.3 is 14.5 Å². The van der Waals surface area contributed by atoms with Gasteiger partial charge in [-0.05, 0) is 33.1 Å². The molecule has 0 unspecified atom stereocenters. The lowest BCUT2D eigenvalue weighted by molar-refractivity contribution is -0.383. The van der Waals surface area contributed by atoms with Gasteiger partial charge in [0.1, 0.15) is 5.52 Å². The Labute approximate surface area is 194 Å². The number of H-pyrrole nitrogens is 1. The molecule has 3 heterocycles. The summed E-state index contributed by atoms with van der Waals surface area (Å²) in [5, 5.41) is 15.6. The Hall–Kier alpha value is -4.24. The fourth-order valence-electron chi connectivity index (χ4n) is 4.67.